The number of carbonyl (C=O) groups excluding carboxylic acids is 1. The molecule has 0 saturated heterocycles. The van der Waals surface area contributed by atoms with Gasteiger partial charge in [0.05, 0.1) is 18.8 Å². The molecule has 0 radical (unpaired) electrons. The van der Waals surface area contributed by atoms with Gasteiger partial charge in [-0.2, -0.15) is 5.10 Å². The predicted molar refractivity (Wildman–Crippen MR) is 127 cm³/mol. The van der Waals surface area contributed by atoms with Crippen LogP contribution >= 0.6 is 0 Å². The zero-order chi connectivity index (χ0) is 23.5. The number of hydrogen-bond acceptors (Lipinski definition) is 5. The molecule has 0 saturated carbocycles. The van der Waals surface area contributed by atoms with Crippen molar-refractivity contribution < 1.29 is 18.3 Å². The lowest BCUT2D eigenvalue weighted by Crippen LogP contribution is -2.33. The van der Waals surface area contributed by atoms with E-state index in [1.54, 1.807) is 17.8 Å². The molecule has 7 nitrogen and oxygen atoms in total. The molecule has 0 amide bonds. The normalized spacial score (nSPS) is 16.2. The van der Waals surface area contributed by atoms with Crippen molar-refractivity contribution in [2.75, 3.05) is 10.9 Å². The van der Waals surface area contributed by atoms with Crippen LogP contribution in [0.3, 0.4) is 0 Å². The van der Waals surface area contributed by atoms with Gasteiger partial charge in [0, 0.05) is 28.2 Å². The van der Waals surface area contributed by atoms with Crippen LogP contribution in [0.1, 0.15) is 48.2 Å². The van der Waals surface area contributed by atoms with Gasteiger partial charge in [0.15, 0.2) is 0 Å². The number of fused-ring (bicyclic) bond motifs is 1. The van der Waals surface area contributed by atoms with Crippen LogP contribution in [0.15, 0.2) is 48.7 Å². The minimum absolute atomic E-state index is 0.0287. The number of aromatic nitrogens is 2. The summed E-state index contributed by atoms with van der Waals surface area (Å²) in [5, 5.41) is 4.36. The zero-order valence-corrected chi connectivity index (χ0v) is 19.9. The highest BCUT2D eigenvalue weighted by Gasteiger charge is 2.30. The van der Waals surface area contributed by atoms with E-state index < -0.39 is 11.3 Å². The molecule has 4 rings (SSSR count). The first-order valence-corrected chi connectivity index (χ1v) is 12.2. The lowest BCUT2D eigenvalue weighted by Gasteiger charge is -2.37. The molecule has 0 bridgehead atoms. The fourth-order valence-corrected chi connectivity index (χ4v) is 5.34. The average Bonchev–Trinajstić information content (AvgIpc) is 3.17. The Balaban J connectivity index is 1.63. The Morgan fingerprint density at radius 1 is 1.18 bits per heavy atom. The molecule has 1 heterocycles. The number of hydrogen-bond donors (Lipinski definition) is 0. The number of benzene rings is 2. The van der Waals surface area contributed by atoms with E-state index in [4.69, 9.17) is 4.74 Å². The molecule has 0 N–H and O–H groups in total. The van der Waals surface area contributed by atoms with Crippen molar-refractivity contribution >= 4 is 22.9 Å². The van der Waals surface area contributed by atoms with Crippen LogP contribution in [-0.2, 0) is 33.8 Å². The summed E-state index contributed by atoms with van der Waals surface area (Å²) in [5.74, 6) is -0.350. The monoisotopic (exact) mass is 466 g/mol. The molecule has 1 aliphatic rings. The van der Waals surface area contributed by atoms with E-state index in [-0.39, 0.29) is 18.6 Å². The molecule has 0 fully saturated rings. The number of aryl methyl sites for hydroxylation is 2. The third-order valence-corrected chi connectivity index (χ3v) is 6.72. The van der Waals surface area contributed by atoms with Crippen molar-refractivity contribution in [1.82, 2.24) is 9.78 Å². The summed E-state index contributed by atoms with van der Waals surface area (Å²) in [7, 11) is 0. The number of carbonyl (C=O) groups is 1. The molecule has 174 valence electrons. The van der Waals surface area contributed by atoms with Crippen LogP contribution in [0.25, 0.3) is 11.1 Å². The van der Waals surface area contributed by atoms with Crippen LogP contribution in [-0.4, -0.2) is 31.1 Å². The Morgan fingerprint density at radius 2 is 1.88 bits per heavy atom. The molecule has 0 spiro atoms. The summed E-state index contributed by atoms with van der Waals surface area (Å²) in [4.78, 5) is 11.9. The smallest absolute Gasteiger partial charge is 0.327 e. The molecular formula is C25H28N3O4S-. The van der Waals surface area contributed by atoms with Crippen LogP contribution in [0.5, 0.6) is 0 Å². The summed E-state index contributed by atoms with van der Waals surface area (Å²) in [6.07, 6.45) is 3.92. The average molecular weight is 467 g/mol. The van der Waals surface area contributed by atoms with Crippen LogP contribution in [0, 0.1) is 13.8 Å². The molecule has 1 aliphatic carbocycles. The van der Waals surface area contributed by atoms with E-state index >= 15 is 0 Å². The van der Waals surface area contributed by atoms with E-state index in [1.165, 1.54) is 15.4 Å². The highest BCUT2D eigenvalue weighted by molar-refractivity contribution is 7.80. The molecule has 1 aromatic heterocycles. The first-order chi connectivity index (χ1) is 15.9. The van der Waals surface area contributed by atoms with Gasteiger partial charge >= 0.3 is 5.97 Å². The van der Waals surface area contributed by atoms with E-state index in [1.807, 2.05) is 24.3 Å². The first kappa shape index (κ1) is 23.2. The fraction of sp³-hybridized carbons (Fsp3) is 0.360. The second kappa shape index (κ2) is 9.89. The van der Waals surface area contributed by atoms with Gasteiger partial charge in [0.2, 0.25) is 0 Å². The van der Waals surface area contributed by atoms with Crippen molar-refractivity contribution in [2.45, 2.75) is 52.6 Å². The van der Waals surface area contributed by atoms with Crippen LogP contribution in [0.2, 0.25) is 0 Å². The Hall–Kier alpha value is -2.97. The SMILES string of the molecule is CCOC(=O)Cn1ncc2c1CCCC2N(c1ccc(-c2cc(C)cc(C)c2)cc1)S(=O)[O-]. The van der Waals surface area contributed by atoms with Crippen LogP contribution < -0.4 is 4.31 Å². The largest absolute Gasteiger partial charge is 0.755 e. The summed E-state index contributed by atoms with van der Waals surface area (Å²) >= 11 is -2.47. The summed E-state index contributed by atoms with van der Waals surface area (Å²) in [6, 6.07) is 13.6. The first-order valence-electron chi connectivity index (χ1n) is 11.1. The quantitative estimate of drug-likeness (QED) is 0.380. The number of nitrogens with zero attached hydrogens (tertiary/aromatic N) is 3. The Morgan fingerprint density at radius 3 is 2.52 bits per heavy atom. The molecule has 8 heteroatoms. The molecule has 2 unspecified atom stereocenters. The van der Waals surface area contributed by atoms with Gasteiger partial charge < -0.3 is 9.29 Å². The maximum absolute atomic E-state index is 12.3. The molecule has 0 aliphatic heterocycles. The van der Waals surface area contributed by atoms with Crippen molar-refractivity contribution in [3.05, 3.63) is 71.0 Å². The van der Waals surface area contributed by atoms with Gasteiger partial charge in [-0.05, 0) is 63.3 Å². The molecular weight excluding hydrogens is 438 g/mol. The highest BCUT2D eigenvalue weighted by atomic mass is 32.2. The summed E-state index contributed by atoms with van der Waals surface area (Å²) < 4.78 is 32.8. The zero-order valence-electron chi connectivity index (χ0n) is 19.1. The van der Waals surface area contributed by atoms with Gasteiger partial charge in [0.25, 0.3) is 0 Å². The lowest BCUT2D eigenvalue weighted by atomic mass is 9.92. The van der Waals surface area contributed by atoms with Crippen LogP contribution in [0.4, 0.5) is 5.69 Å². The van der Waals surface area contributed by atoms with Gasteiger partial charge in [-0.1, -0.05) is 41.5 Å². The summed E-state index contributed by atoms with van der Waals surface area (Å²) in [6.45, 7) is 6.23. The van der Waals surface area contributed by atoms with Gasteiger partial charge in [-0.25, -0.2) is 0 Å². The van der Waals surface area contributed by atoms with Crippen molar-refractivity contribution in [1.29, 1.82) is 0 Å². The predicted octanol–water partition coefficient (Wildman–Crippen LogP) is 4.41. The number of rotatable bonds is 7. The van der Waals surface area contributed by atoms with E-state index in [0.29, 0.717) is 18.7 Å². The Labute approximate surface area is 196 Å². The number of ether oxygens (including phenoxy) is 1. The fourth-order valence-electron chi connectivity index (χ4n) is 4.62. The topological polar surface area (TPSA) is 87.5 Å². The Bertz CT molecular complexity index is 1150. The van der Waals surface area contributed by atoms with Gasteiger partial charge in [-0.3, -0.25) is 18.0 Å². The molecule has 33 heavy (non-hydrogen) atoms. The van der Waals surface area contributed by atoms with Crippen molar-refractivity contribution in [2.24, 2.45) is 0 Å². The molecule has 3 aromatic rings. The minimum atomic E-state index is -2.47. The van der Waals surface area contributed by atoms with Crippen molar-refractivity contribution in [3.8, 4) is 11.1 Å². The minimum Gasteiger partial charge on any atom is -0.755 e. The van der Waals surface area contributed by atoms with E-state index in [2.05, 4.69) is 37.1 Å². The van der Waals surface area contributed by atoms with E-state index in [0.717, 1.165) is 35.2 Å². The number of esters is 1. The van der Waals surface area contributed by atoms with Crippen molar-refractivity contribution in [3.63, 3.8) is 0 Å². The van der Waals surface area contributed by atoms with E-state index in [9.17, 15) is 13.6 Å². The van der Waals surface area contributed by atoms with Gasteiger partial charge in [0.1, 0.15) is 6.54 Å². The second-order valence-electron chi connectivity index (χ2n) is 8.38. The Kier molecular flexibility index (Phi) is 6.95. The van der Waals surface area contributed by atoms with Gasteiger partial charge in [-0.15, -0.1) is 0 Å². The molecule has 2 atom stereocenters. The highest BCUT2D eigenvalue weighted by Crippen LogP contribution is 2.38. The third-order valence-electron chi connectivity index (χ3n) is 5.94. The summed E-state index contributed by atoms with van der Waals surface area (Å²) in [5.41, 5.74) is 6.85. The standard InChI is InChI=1S/C25H29N3O4S/c1-4-32-25(29)16-27-23-6-5-7-24(22(23)15-26-27)28(33(30)31)21-10-8-19(9-11-21)20-13-17(2)12-18(3)14-20/h8-15,24H,4-7,16H2,1-3H3,(H,30,31)/p-1. The molecule has 2 aromatic carbocycles. The maximum atomic E-state index is 12.3. The second-order valence-corrected chi connectivity index (χ2v) is 9.21. The maximum Gasteiger partial charge on any atom is 0.327 e. The lowest BCUT2D eigenvalue weighted by molar-refractivity contribution is -0.144. The third kappa shape index (κ3) is 5.02. The number of anilines is 1.